The second-order valence-electron chi connectivity index (χ2n) is 20.1. The zero-order chi connectivity index (χ0) is 39.9. The van der Waals surface area contributed by atoms with Crippen molar-refractivity contribution in [3.05, 3.63) is 0 Å². The minimum atomic E-state index is -1.10. The third-order valence-corrected chi connectivity index (χ3v) is 13.3. The molecule has 13 nitrogen and oxygen atoms in total. The molecular weight excluding hydrogens is 674 g/mol. The zero-order valence-electron chi connectivity index (χ0n) is 34.4. The average molecular weight is 744 g/mol. The number of urea groups is 1. The molecule has 0 aromatic rings. The van der Waals surface area contributed by atoms with Gasteiger partial charge in [-0.25, -0.2) is 4.79 Å². The van der Waals surface area contributed by atoms with Crippen molar-refractivity contribution in [1.29, 1.82) is 0 Å². The Kier molecular flexibility index (Phi) is 12.4. The SMILES string of the molecule is CC(C)(C)[C@H](NC(=O)N[C@@H](C(=O)N1CC(C)(C(C)(C)C2CCC2)CC1C(=O)NC(CC1CCC1)C(=O)C(N)=O)C(C)(C)C)C(=O)N1CCNCC1(C)C. The first-order valence-electron chi connectivity index (χ1n) is 19.8. The minimum absolute atomic E-state index is 0.190. The third-order valence-electron chi connectivity index (χ3n) is 13.3. The Bertz CT molecular complexity index is 1420. The van der Waals surface area contributed by atoms with Crippen LogP contribution in [-0.2, 0) is 24.0 Å². The van der Waals surface area contributed by atoms with Crippen LogP contribution in [0.25, 0.3) is 0 Å². The summed E-state index contributed by atoms with van der Waals surface area (Å²) in [4.78, 5) is 85.6. The van der Waals surface area contributed by atoms with Crippen LogP contribution in [0, 0.1) is 33.5 Å². The molecule has 4 aliphatic rings. The van der Waals surface area contributed by atoms with Gasteiger partial charge in [-0.05, 0) is 73.0 Å². The topological polar surface area (TPSA) is 183 Å². The van der Waals surface area contributed by atoms with Crippen molar-refractivity contribution in [1.82, 2.24) is 31.1 Å². The number of hydrogen-bond acceptors (Lipinski definition) is 7. The van der Waals surface area contributed by atoms with Gasteiger partial charge >= 0.3 is 6.03 Å². The summed E-state index contributed by atoms with van der Waals surface area (Å²) < 4.78 is 0. The van der Waals surface area contributed by atoms with E-state index in [9.17, 15) is 28.8 Å². The minimum Gasteiger partial charge on any atom is -0.363 e. The summed E-state index contributed by atoms with van der Waals surface area (Å²) in [6.45, 7) is 23.9. The van der Waals surface area contributed by atoms with E-state index in [1.165, 1.54) is 0 Å². The van der Waals surface area contributed by atoms with Gasteiger partial charge in [0.25, 0.3) is 5.91 Å². The number of primary amides is 1. The fourth-order valence-electron chi connectivity index (χ4n) is 8.69. The van der Waals surface area contributed by atoms with Crippen LogP contribution in [0.2, 0.25) is 0 Å². The fraction of sp³-hybridized carbons (Fsp3) is 0.850. The van der Waals surface area contributed by atoms with Gasteiger partial charge < -0.3 is 36.8 Å². The third kappa shape index (κ3) is 9.19. The van der Waals surface area contributed by atoms with Gasteiger partial charge in [0.2, 0.25) is 23.5 Å². The van der Waals surface area contributed by atoms with Gasteiger partial charge in [0.1, 0.15) is 18.1 Å². The van der Waals surface area contributed by atoms with Crippen molar-refractivity contribution < 1.29 is 28.8 Å². The Morgan fingerprint density at radius 3 is 1.81 bits per heavy atom. The van der Waals surface area contributed by atoms with Gasteiger partial charge in [-0.15, -0.1) is 0 Å². The molecule has 6 N–H and O–H groups in total. The maximum absolute atomic E-state index is 14.9. The molecule has 0 bridgehead atoms. The number of carbonyl (C=O) groups is 6. The molecule has 2 aliphatic heterocycles. The molecule has 3 unspecified atom stereocenters. The highest BCUT2D eigenvalue weighted by Crippen LogP contribution is 2.57. The Hall–Kier alpha value is -3.22. The number of amides is 6. The van der Waals surface area contributed by atoms with Crippen LogP contribution in [0.4, 0.5) is 4.79 Å². The number of likely N-dealkylation sites (tertiary alicyclic amines) is 1. The normalized spacial score (nSPS) is 25.7. The van der Waals surface area contributed by atoms with Crippen molar-refractivity contribution in [2.75, 3.05) is 26.2 Å². The predicted molar refractivity (Wildman–Crippen MR) is 204 cm³/mol. The lowest BCUT2D eigenvalue weighted by Gasteiger charge is -2.50. The number of Topliss-reactive ketones (excluding diaryl/α,β-unsaturated/α-hetero) is 1. The van der Waals surface area contributed by atoms with Crippen LogP contribution in [0.15, 0.2) is 0 Å². The van der Waals surface area contributed by atoms with E-state index in [4.69, 9.17) is 5.73 Å². The van der Waals surface area contributed by atoms with E-state index in [1.807, 2.05) is 60.3 Å². The highest BCUT2D eigenvalue weighted by Gasteiger charge is 2.57. The van der Waals surface area contributed by atoms with E-state index in [0.29, 0.717) is 38.4 Å². The van der Waals surface area contributed by atoms with Crippen molar-refractivity contribution in [3.8, 4) is 0 Å². The molecule has 0 spiro atoms. The van der Waals surface area contributed by atoms with E-state index < -0.39 is 75.5 Å². The first kappa shape index (κ1) is 42.5. The molecule has 2 saturated carbocycles. The van der Waals surface area contributed by atoms with Crippen LogP contribution in [0.5, 0.6) is 0 Å². The van der Waals surface area contributed by atoms with E-state index in [1.54, 1.807) is 4.90 Å². The van der Waals surface area contributed by atoms with Crippen LogP contribution < -0.4 is 27.0 Å². The second kappa shape index (κ2) is 15.5. The monoisotopic (exact) mass is 744 g/mol. The molecule has 5 atom stereocenters. The number of ketones is 1. The molecule has 53 heavy (non-hydrogen) atoms. The van der Waals surface area contributed by atoms with E-state index >= 15 is 0 Å². The van der Waals surface area contributed by atoms with Crippen molar-refractivity contribution in [2.24, 2.45) is 39.2 Å². The molecule has 300 valence electrons. The number of nitrogens with one attached hydrogen (secondary N) is 4. The molecule has 2 aliphatic carbocycles. The molecule has 2 heterocycles. The van der Waals surface area contributed by atoms with Crippen LogP contribution in [0.3, 0.4) is 0 Å². The summed E-state index contributed by atoms with van der Waals surface area (Å²) in [6, 6.07) is -4.59. The molecule has 2 saturated heterocycles. The highest BCUT2D eigenvalue weighted by atomic mass is 16.2. The highest BCUT2D eigenvalue weighted by molar-refractivity contribution is 6.37. The van der Waals surface area contributed by atoms with Gasteiger partial charge in [0.15, 0.2) is 0 Å². The number of nitrogens with two attached hydrogens (primary N) is 1. The maximum atomic E-state index is 14.9. The number of nitrogens with zero attached hydrogens (tertiary/aromatic N) is 2. The van der Waals surface area contributed by atoms with Crippen LogP contribution in [0.1, 0.15) is 128 Å². The lowest BCUT2D eigenvalue weighted by atomic mass is 9.54. The largest absolute Gasteiger partial charge is 0.363 e. The molecule has 0 aromatic carbocycles. The lowest BCUT2D eigenvalue weighted by molar-refractivity contribution is -0.143. The van der Waals surface area contributed by atoms with Crippen molar-refractivity contribution in [3.63, 3.8) is 0 Å². The molecular formula is C40H69N7O6. The molecule has 13 heteroatoms. The number of rotatable bonds is 12. The maximum Gasteiger partial charge on any atom is 0.316 e. The van der Waals surface area contributed by atoms with E-state index in [2.05, 4.69) is 42.0 Å². The van der Waals surface area contributed by atoms with Gasteiger partial charge in [0, 0.05) is 31.7 Å². The van der Waals surface area contributed by atoms with Gasteiger partial charge in [-0.2, -0.15) is 0 Å². The molecule has 6 amide bonds. The first-order valence-corrected chi connectivity index (χ1v) is 19.8. The predicted octanol–water partition coefficient (Wildman–Crippen LogP) is 3.49. The number of hydrogen-bond donors (Lipinski definition) is 5. The van der Waals surface area contributed by atoms with Gasteiger partial charge in [-0.3, -0.25) is 24.0 Å². The molecule has 0 radical (unpaired) electrons. The summed E-state index contributed by atoms with van der Waals surface area (Å²) in [5.74, 6) is -2.40. The molecule has 0 aromatic heterocycles. The molecule has 4 fully saturated rings. The standard InChI is InChI=1S/C40H69N7O6/c1-36(2,3)29(44-35(53)45-30(37(4,5)6)34(52)47-19-18-42-22-38(47,7)8)33(51)46-23-40(11,39(9,10)25-16-13-17-25)21-27(46)32(50)43-26(28(48)31(41)49)20-24-14-12-15-24/h24-27,29-30,42H,12-23H2,1-11H3,(H2,41,49)(H,43,50)(H2,44,45,53)/t26?,27?,29-,30+,40?/m0/s1. The lowest BCUT2D eigenvalue weighted by Crippen LogP contribution is -2.67. The van der Waals surface area contributed by atoms with Crippen LogP contribution >= 0.6 is 0 Å². The summed E-state index contributed by atoms with van der Waals surface area (Å²) in [7, 11) is 0. The van der Waals surface area contributed by atoms with Crippen molar-refractivity contribution >= 4 is 35.4 Å². The summed E-state index contributed by atoms with van der Waals surface area (Å²) in [5, 5.41) is 12.0. The Labute approximate surface area is 317 Å². The smallest absolute Gasteiger partial charge is 0.316 e. The van der Waals surface area contributed by atoms with Crippen molar-refractivity contribution in [2.45, 2.75) is 157 Å². The Balaban J connectivity index is 1.63. The summed E-state index contributed by atoms with van der Waals surface area (Å²) in [5.41, 5.74) is 2.87. The van der Waals surface area contributed by atoms with Gasteiger partial charge in [0.05, 0.1) is 6.04 Å². The number of piperazine rings is 1. The first-order chi connectivity index (χ1) is 24.3. The second-order valence-corrected chi connectivity index (χ2v) is 20.1. The van der Waals surface area contributed by atoms with Crippen LogP contribution in [-0.4, -0.2) is 101 Å². The average Bonchev–Trinajstić information content (AvgIpc) is 3.35. The molecule has 4 rings (SSSR count). The quantitative estimate of drug-likeness (QED) is 0.190. The zero-order valence-corrected chi connectivity index (χ0v) is 34.4. The van der Waals surface area contributed by atoms with Gasteiger partial charge in [-0.1, -0.05) is 88.0 Å². The Morgan fingerprint density at radius 1 is 0.811 bits per heavy atom. The summed E-state index contributed by atoms with van der Waals surface area (Å²) in [6.07, 6.45) is 6.84. The number of carbonyl (C=O) groups excluding carboxylic acids is 6. The fourth-order valence-corrected chi connectivity index (χ4v) is 8.69. The summed E-state index contributed by atoms with van der Waals surface area (Å²) >= 11 is 0. The Morgan fingerprint density at radius 2 is 1.36 bits per heavy atom. The van der Waals surface area contributed by atoms with E-state index in [-0.39, 0.29) is 23.8 Å². The van der Waals surface area contributed by atoms with E-state index in [0.717, 1.165) is 38.5 Å².